The second kappa shape index (κ2) is 8.71. The summed E-state index contributed by atoms with van der Waals surface area (Å²) in [5.74, 6) is 0.239. The Bertz CT molecular complexity index is 1220. The van der Waals surface area contributed by atoms with Crippen molar-refractivity contribution in [2.45, 2.75) is 51.2 Å². The van der Waals surface area contributed by atoms with Crippen molar-refractivity contribution < 1.29 is 23.8 Å². The first-order valence-corrected chi connectivity index (χ1v) is 12.3. The van der Waals surface area contributed by atoms with E-state index in [0.29, 0.717) is 62.1 Å². The van der Waals surface area contributed by atoms with Crippen LogP contribution in [0.4, 0.5) is 0 Å². The van der Waals surface area contributed by atoms with Gasteiger partial charge in [0.1, 0.15) is 5.69 Å². The monoisotopic (exact) mass is 483 g/mol. The van der Waals surface area contributed by atoms with Gasteiger partial charge in [0.15, 0.2) is 5.75 Å². The van der Waals surface area contributed by atoms with E-state index in [1.165, 1.54) is 6.20 Å². The minimum atomic E-state index is -0.407. The molecule has 4 aliphatic rings. The third kappa shape index (κ3) is 3.78. The molecule has 35 heavy (non-hydrogen) atoms. The van der Waals surface area contributed by atoms with Gasteiger partial charge in [-0.25, -0.2) is 9.78 Å². The standard InChI is InChI=1S/C24H29N5O6/c30-20(15-5-8-25-21-19(15)34-14-35-21)26-12-24-7-3-11-33-17(24)6-10-28(13-24)22(31)18-16-4-1-2-9-29(16)23(32)27-18/h5,8,17H,1-4,6-7,9-14H2,(H,26,30)(H,27,32)/t17-,24+/m1/s1. The SMILES string of the molecule is O=C(NC[C@]12CCCO[C@@H]1CCN(C(=O)c1[nH]c(=O)n3c1CCCC3)C2)c1ccnc2c1OCO2. The summed E-state index contributed by atoms with van der Waals surface area (Å²) in [6, 6.07) is 1.61. The molecule has 0 aromatic carbocycles. The number of nitrogens with zero attached hydrogens (tertiary/aromatic N) is 3. The lowest BCUT2D eigenvalue weighted by atomic mass is 9.72. The molecule has 2 aromatic rings. The number of nitrogens with one attached hydrogen (secondary N) is 2. The van der Waals surface area contributed by atoms with Gasteiger partial charge in [0.2, 0.25) is 6.79 Å². The molecule has 2 fully saturated rings. The highest BCUT2D eigenvalue weighted by molar-refractivity contribution is 5.97. The summed E-state index contributed by atoms with van der Waals surface area (Å²) in [6.45, 7) is 2.74. The number of piperidine rings is 1. The zero-order valence-corrected chi connectivity index (χ0v) is 19.5. The number of aromatic amines is 1. The first-order valence-electron chi connectivity index (χ1n) is 12.3. The molecule has 186 valence electrons. The average molecular weight is 484 g/mol. The van der Waals surface area contributed by atoms with Crippen LogP contribution in [0.15, 0.2) is 17.1 Å². The van der Waals surface area contributed by atoms with Crippen molar-refractivity contribution in [3.8, 4) is 11.6 Å². The second-order valence-corrected chi connectivity index (χ2v) is 9.78. The van der Waals surface area contributed by atoms with Crippen LogP contribution in [0.3, 0.4) is 0 Å². The van der Waals surface area contributed by atoms with Crippen molar-refractivity contribution in [2.75, 3.05) is 33.0 Å². The van der Waals surface area contributed by atoms with Crippen LogP contribution in [-0.2, 0) is 17.7 Å². The normalized spacial score (nSPS) is 25.0. The Kier molecular flexibility index (Phi) is 5.51. The lowest BCUT2D eigenvalue weighted by molar-refractivity contribution is -0.116. The van der Waals surface area contributed by atoms with Crippen LogP contribution < -0.4 is 20.5 Å². The summed E-state index contributed by atoms with van der Waals surface area (Å²) in [5.41, 5.74) is 0.976. The highest BCUT2D eigenvalue weighted by Gasteiger charge is 2.47. The summed E-state index contributed by atoms with van der Waals surface area (Å²) in [4.78, 5) is 47.8. The third-order valence-electron chi connectivity index (χ3n) is 7.74. The molecule has 2 N–H and O–H groups in total. The van der Waals surface area contributed by atoms with Crippen molar-refractivity contribution in [1.29, 1.82) is 0 Å². The number of H-pyrrole nitrogens is 1. The molecular formula is C24H29N5O6. The molecule has 11 heteroatoms. The fourth-order valence-electron chi connectivity index (χ4n) is 5.97. The number of pyridine rings is 1. The number of carbonyl (C=O) groups is 2. The number of amides is 2. The number of aromatic nitrogens is 3. The molecule has 2 amide bonds. The maximum Gasteiger partial charge on any atom is 0.326 e. The topological polar surface area (TPSA) is 128 Å². The zero-order chi connectivity index (χ0) is 24.0. The fourth-order valence-corrected chi connectivity index (χ4v) is 5.97. The molecule has 11 nitrogen and oxygen atoms in total. The Hall–Kier alpha value is -3.34. The second-order valence-electron chi connectivity index (χ2n) is 9.78. The molecular weight excluding hydrogens is 454 g/mol. The van der Waals surface area contributed by atoms with Crippen LogP contribution in [0, 0.1) is 5.41 Å². The molecule has 0 bridgehead atoms. The molecule has 0 aliphatic carbocycles. The molecule has 0 saturated carbocycles. The van der Waals surface area contributed by atoms with E-state index >= 15 is 0 Å². The molecule has 2 atom stereocenters. The van der Waals surface area contributed by atoms with Gasteiger partial charge < -0.3 is 29.4 Å². The van der Waals surface area contributed by atoms with E-state index in [4.69, 9.17) is 14.2 Å². The van der Waals surface area contributed by atoms with Crippen molar-refractivity contribution in [2.24, 2.45) is 5.41 Å². The van der Waals surface area contributed by atoms with Crippen LogP contribution in [0.5, 0.6) is 11.6 Å². The van der Waals surface area contributed by atoms with E-state index in [1.54, 1.807) is 10.6 Å². The smallest absolute Gasteiger partial charge is 0.326 e. The maximum atomic E-state index is 13.6. The van der Waals surface area contributed by atoms with Gasteiger partial charge in [0.25, 0.3) is 17.7 Å². The summed E-state index contributed by atoms with van der Waals surface area (Å²) < 4.78 is 18.5. The molecule has 2 aromatic heterocycles. The Balaban J connectivity index is 1.22. The highest BCUT2D eigenvalue weighted by Crippen LogP contribution is 2.40. The lowest BCUT2D eigenvalue weighted by Gasteiger charge is -2.50. The quantitative estimate of drug-likeness (QED) is 0.666. The van der Waals surface area contributed by atoms with Crippen LogP contribution >= 0.6 is 0 Å². The van der Waals surface area contributed by atoms with E-state index in [2.05, 4.69) is 15.3 Å². The fraction of sp³-hybridized carbons (Fsp3) is 0.583. The molecule has 0 unspecified atom stereocenters. The van der Waals surface area contributed by atoms with Gasteiger partial charge in [0.05, 0.1) is 17.4 Å². The van der Waals surface area contributed by atoms with E-state index in [-0.39, 0.29) is 30.4 Å². The van der Waals surface area contributed by atoms with Crippen molar-refractivity contribution >= 4 is 11.8 Å². The number of imidazole rings is 1. The number of likely N-dealkylation sites (tertiary alicyclic amines) is 1. The van der Waals surface area contributed by atoms with E-state index in [1.807, 2.05) is 4.90 Å². The summed E-state index contributed by atoms with van der Waals surface area (Å²) in [5, 5.41) is 3.06. The van der Waals surface area contributed by atoms with Crippen LogP contribution in [0.1, 0.15) is 58.6 Å². The number of hydrogen-bond acceptors (Lipinski definition) is 7. The van der Waals surface area contributed by atoms with E-state index < -0.39 is 5.41 Å². The van der Waals surface area contributed by atoms with Crippen molar-refractivity contribution in [3.63, 3.8) is 0 Å². The van der Waals surface area contributed by atoms with Gasteiger partial charge in [-0.3, -0.25) is 14.2 Å². The molecule has 6 heterocycles. The summed E-state index contributed by atoms with van der Waals surface area (Å²) in [7, 11) is 0. The minimum absolute atomic E-state index is 0.0371. The Morgan fingerprint density at radius 1 is 1.23 bits per heavy atom. The van der Waals surface area contributed by atoms with Gasteiger partial charge in [-0.1, -0.05) is 0 Å². The molecule has 4 aliphatic heterocycles. The van der Waals surface area contributed by atoms with Crippen LogP contribution in [0.25, 0.3) is 0 Å². The maximum absolute atomic E-state index is 13.6. The Morgan fingerprint density at radius 3 is 3.06 bits per heavy atom. The van der Waals surface area contributed by atoms with Gasteiger partial charge in [-0.2, -0.15) is 0 Å². The number of fused-ring (bicyclic) bond motifs is 3. The molecule has 0 spiro atoms. The Morgan fingerprint density at radius 2 is 2.14 bits per heavy atom. The van der Waals surface area contributed by atoms with Crippen LogP contribution in [0.2, 0.25) is 0 Å². The first kappa shape index (κ1) is 22.1. The highest BCUT2D eigenvalue weighted by atomic mass is 16.7. The van der Waals surface area contributed by atoms with Gasteiger partial charge in [-0.15, -0.1) is 0 Å². The van der Waals surface area contributed by atoms with Gasteiger partial charge >= 0.3 is 5.69 Å². The van der Waals surface area contributed by atoms with E-state index in [0.717, 1.165) is 37.8 Å². The number of ether oxygens (including phenoxy) is 3. The van der Waals surface area contributed by atoms with Crippen molar-refractivity contribution in [1.82, 2.24) is 24.8 Å². The molecule has 2 saturated heterocycles. The van der Waals surface area contributed by atoms with E-state index in [9.17, 15) is 14.4 Å². The van der Waals surface area contributed by atoms with Gasteiger partial charge in [0, 0.05) is 44.4 Å². The summed E-state index contributed by atoms with van der Waals surface area (Å²) in [6.07, 6.45) is 6.48. The third-order valence-corrected chi connectivity index (χ3v) is 7.74. The minimum Gasteiger partial charge on any atom is -0.451 e. The largest absolute Gasteiger partial charge is 0.451 e. The number of hydrogen-bond donors (Lipinski definition) is 2. The zero-order valence-electron chi connectivity index (χ0n) is 19.5. The molecule has 0 radical (unpaired) electrons. The predicted molar refractivity (Wildman–Crippen MR) is 123 cm³/mol. The predicted octanol–water partition coefficient (Wildman–Crippen LogP) is 1.08. The lowest BCUT2D eigenvalue weighted by Crippen LogP contribution is -2.60. The summed E-state index contributed by atoms with van der Waals surface area (Å²) >= 11 is 0. The Labute approximate surface area is 201 Å². The van der Waals surface area contributed by atoms with Gasteiger partial charge in [-0.05, 0) is 44.6 Å². The van der Waals surface area contributed by atoms with Crippen LogP contribution in [-0.4, -0.2) is 70.4 Å². The number of carbonyl (C=O) groups excluding carboxylic acids is 2. The first-order chi connectivity index (χ1) is 17.1. The van der Waals surface area contributed by atoms with Crippen molar-refractivity contribution in [3.05, 3.63) is 39.7 Å². The average Bonchev–Trinajstić information content (AvgIpc) is 3.51. The molecule has 6 rings (SSSR count). The number of rotatable bonds is 4.